The van der Waals surface area contributed by atoms with Crippen molar-refractivity contribution in [1.82, 2.24) is 0 Å². The summed E-state index contributed by atoms with van der Waals surface area (Å²) in [6.07, 6.45) is 23.9. The maximum atomic E-state index is 2.69. The summed E-state index contributed by atoms with van der Waals surface area (Å²) in [6.45, 7) is 15.3. The average Bonchev–Trinajstić information content (AvgIpc) is 3.01. The van der Waals surface area contributed by atoms with E-state index in [1.807, 2.05) is 0 Å². The third-order valence-electron chi connectivity index (χ3n) is 11.0. The van der Waals surface area contributed by atoms with Gasteiger partial charge in [-0.15, -0.1) is 0 Å². The second-order valence-corrected chi connectivity index (χ2v) is 13.0. The van der Waals surface area contributed by atoms with E-state index in [0.717, 1.165) is 35.5 Å². The van der Waals surface area contributed by atoms with Gasteiger partial charge in [0.1, 0.15) is 0 Å². The van der Waals surface area contributed by atoms with Crippen LogP contribution >= 0.6 is 0 Å². The van der Waals surface area contributed by atoms with E-state index in [1.165, 1.54) is 70.6 Å². The standard InChI is InChI=1S/C30H56/c1-7-9-21-29(4,5)30(6,20-8-2)26-18-16-24(17-19-26)28-23(3)22-25-14-12-10-11-13-15-27(25)28/h23-28H,7-22H2,1-6H3. The van der Waals surface area contributed by atoms with Gasteiger partial charge in [0.15, 0.2) is 0 Å². The van der Waals surface area contributed by atoms with E-state index in [1.54, 1.807) is 32.1 Å². The molecule has 0 aliphatic heterocycles. The van der Waals surface area contributed by atoms with E-state index in [4.69, 9.17) is 0 Å². The van der Waals surface area contributed by atoms with E-state index >= 15 is 0 Å². The minimum Gasteiger partial charge on any atom is -0.0654 e. The first kappa shape index (κ1) is 24.6. The summed E-state index contributed by atoms with van der Waals surface area (Å²) in [5, 5.41) is 0. The molecule has 3 fully saturated rings. The minimum absolute atomic E-state index is 0.488. The molecule has 30 heavy (non-hydrogen) atoms. The van der Waals surface area contributed by atoms with Crippen LogP contribution in [0, 0.1) is 46.3 Å². The molecular formula is C30H56. The van der Waals surface area contributed by atoms with Crippen molar-refractivity contribution in [2.24, 2.45) is 46.3 Å². The molecule has 0 aromatic carbocycles. The number of unbranched alkanes of at least 4 members (excludes halogenated alkanes) is 1. The van der Waals surface area contributed by atoms with Crippen LogP contribution in [0.25, 0.3) is 0 Å². The lowest BCUT2D eigenvalue weighted by molar-refractivity contribution is -0.0293. The van der Waals surface area contributed by atoms with Crippen molar-refractivity contribution < 1.29 is 0 Å². The van der Waals surface area contributed by atoms with Crippen LogP contribution in [0.4, 0.5) is 0 Å². The van der Waals surface area contributed by atoms with Crippen LogP contribution in [0.3, 0.4) is 0 Å². The van der Waals surface area contributed by atoms with Crippen molar-refractivity contribution in [2.75, 3.05) is 0 Å². The fourth-order valence-electron chi connectivity index (χ4n) is 8.92. The summed E-state index contributed by atoms with van der Waals surface area (Å²) in [5.41, 5.74) is 1.02. The van der Waals surface area contributed by atoms with Gasteiger partial charge in [0.25, 0.3) is 0 Å². The molecular weight excluding hydrogens is 360 g/mol. The van der Waals surface area contributed by atoms with E-state index in [-0.39, 0.29) is 0 Å². The van der Waals surface area contributed by atoms with Gasteiger partial charge < -0.3 is 0 Å². The quantitative estimate of drug-likeness (QED) is 0.369. The van der Waals surface area contributed by atoms with Gasteiger partial charge in [0, 0.05) is 0 Å². The summed E-state index contributed by atoms with van der Waals surface area (Å²) in [5.74, 6) is 6.26. The van der Waals surface area contributed by atoms with Crippen LogP contribution in [0.1, 0.15) is 144 Å². The molecule has 0 nitrogen and oxygen atoms in total. The summed E-state index contributed by atoms with van der Waals surface area (Å²) in [7, 11) is 0. The first-order chi connectivity index (χ1) is 14.3. The predicted octanol–water partition coefficient (Wildman–Crippen LogP) is 10.1. The molecule has 0 heterocycles. The number of rotatable bonds is 8. The minimum atomic E-state index is 0.488. The Hall–Kier alpha value is 0. The Morgan fingerprint density at radius 3 is 2.00 bits per heavy atom. The molecule has 3 aliphatic rings. The maximum absolute atomic E-state index is 2.69. The molecule has 0 bridgehead atoms. The van der Waals surface area contributed by atoms with Gasteiger partial charge in [0.2, 0.25) is 0 Å². The van der Waals surface area contributed by atoms with Gasteiger partial charge in [-0.3, -0.25) is 0 Å². The Bertz CT molecular complexity index is 496. The van der Waals surface area contributed by atoms with E-state index in [9.17, 15) is 0 Å². The monoisotopic (exact) mass is 416 g/mol. The molecule has 0 amide bonds. The SMILES string of the molecule is CCCCC(C)(C)C(C)(CCC)C1CCC(C2C(C)CC3CCCCCCC32)CC1. The van der Waals surface area contributed by atoms with Gasteiger partial charge in [0.05, 0.1) is 0 Å². The fraction of sp³-hybridized carbons (Fsp3) is 1.00. The lowest BCUT2D eigenvalue weighted by Crippen LogP contribution is -2.44. The lowest BCUT2D eigenvalue weighted by Gasteiger charge is -2.53. The molecule has 3 saturated carbocycles. The van der Waals surface area contributed by atoms with Gasteiger partial charge >= 0.3 is 0 Å². The molecule has 0 heteroatoms. The highest BCUT2D eigenvalue weighted by molar-refractivity contribution is 4.99. The molecule has 0 saturated heterocycles. The Morgan fingerprint density at radius 1 is 0.700 bits per heavy atom. The average molecular weight is 417 g/mol. The smallest absolute Gasteiger partial charge is 0.0246 e. The van der Waals surface area contributed by atoms with Gasteiger partial charge in [-0.05, 0) is 97.7 Å². The van der Waals surface area contributed by atoms with Crippen LogP contribution in [0.2, 0.25) is 0 Å². The summed E-state index contributed by atoms with van der Waals surface area (Å²) in [6, 6.07) is 0. The zero-order valence-corrected chi connectivity index (χ0v) is 21.8. The summed E-state index contributed by atoms with van der Waals surface area (Å²) in [4.78, 5) is 0. The van der Waals surface area contributed by atoms with Gasteiger partial charge in [-0.25, -0.2) is 0 Å². The Labute approximate surface area is 190 Å². The lowest BCUT2D eigenvalue weighted by atomic mass is 9.52. The summed E-state index contributed by atoms with van der Waals surface area (Å²) >= 11 is 0. The zero-order chi connectivity index (χ0) is 21.8. The molecule has 3 rings (SSSR count). The highest BCUT2D eigenvalue weighted by Gasteiger charge is 2.49. The predicted molar refractivity (Wildman–Crippen MR) is 134 cm³/mol. The van der Waals surface area contributed by atoms with Crippen molar-refractivity contribution in [1.29, 1.82) is 0 Å². The van der Waals surface area contributed by atoms with Crippen molar-refractivity contribution in [3.05, 3.63) is 0 Å². The molecule has 3 aliphatic carbocycles. The summed E-state index contributed by atoms with van der Waals surface area (Å²) < 4.78 is 0. The second kappa shape index (κ2) is 10.7. The zero-order valence-electron chi connectivity index (χ0n) is 21.8. The topological polar surface area (TPSA) is 0 Å². The molecule has 0 spiro atoms. The largest absolute Gasteiger partial charge is 0.0654 e. The van der Waals surface area contributed by atoms with Crippen molar-refractivity contribution in [3.63, 3.8) is 0 Å². The van der Waals surface area contributed by atoms with E-state index < -0.39 is 0 Å². The van der Waals surface area contributed by atoms with E-state index in [0.29, 0.717) is 10.8 Å². The van der Waals surface area contributed by atoms with E-state index in [2.05, 4.69) is 41.5 Å². The molecule has 0 aromatic heterocycles. The van der Waals surface area contributed by atoms with Gasteiger partial charge in [-0.2, -0.15) is 0 Å². The van der Waals surface area contributed by atoms with Crippen LogP contribution in [0.5, 0.6) is 0 Å². The first-order valence-electron chi connectivity index (χ1n) is 14.3. The molecule has 0 radical (unpaired) electrons. The van der Waals surface area contributed by atoms with Crippen molar-refractivity contribution >= 4 is 0 Å². The number of hydrogen-bond acceptors (Lipinski definition) is 0. The Kier molecular flexibility index (Phi) is 8.82. The molecule has 0 aromatic rings. The molecule has 176 valence electrons. The molecule has 0 N–H and O–H groups in total. The van der Waals surface area contributed by atoms with Crippen LogP contribution in [0.15, 0.2) is 0 Å². The van der Waals surface area contributed by atoms with Crippen LogP contribution < -0.4 is 0 Å². The number of fused-ring (bicyclic) bond motifs is 1. The molecule has 5 atom stereocenters. The Morgan fingerprint density at radius 2 is 1.37 bits per heavy atom. The third kappa shape index (κ3) is 5.14. The molecule has 5 unspecified atom stereocenters. The highest BCUT2D eigenvalue weighted by atomic mass is 14.5. The fourth-order valence-corrected chi connectivity index (χ4v) is 8.92. The Balaban J connectivity index is 1.66. The third-order valence-corrected chi connectivity index (χ3v) is 11.0. The first-order valence-corrected chi connectivity index (χ1v) is 14.3. The van der Waals surface area contributed by atoms with Crippen molar-refractivity contribution in [2.45, 2.75) is 144 Å². The van der Waals surface area contributed by atoms with Crippen LogP contribution in [-0.2, 0) is 0 Å². The maximum Gasteiger partial charge on any atom is -0.0246 e. The van der Waals surface area contributed by atoms with Crippen molar-refractivity contribution in [3.8, 4) is 0 Å². The highest BCUT2D eigenvalue weighted by Crippen LogP contribution is 2.58. The van der Waals surface area contributed by atoms with Gasteiger partial charge in [-0.1, -0.05) is 92.9 Å². The number of hydrogen-bond donors (Lipinski definition) is 0. The normalized spacial score (nSPS) is 37.8. The second-order valence-electron chi connectivity index (χ2n) is 13.0. The van der Waals surface area contributed by atoms with Crippen LogP contribution in [-0.4, -0.2) is 0 Å².